The number of nitrogens with zero attached hydrogens (tertiary/aromatic N) is 6. The number of phenols is 1. The normalized spacial score (nSPS) is 14.5. The van der Waals surface area contributed by atoms with Crippen LogP contribution in [0.4, 0.5) is 16.2 Å². The van der Waals surface area contributed by atoms with Crippen molar-refractivity contribution < 1.29 is 9.50 Å². The second kappa shape index (κ2) is 10.3. The third kappa shape index (κ3) is 5.51. The van der Waals surface area contributed by atoms with Crippen molar-refractivity contribution in [2.45, 2.75) is 19.4 Å². The standard InChI is InChI=1S/C26H30FN7O/c1-32-14-16-33(17-15-32)26-30-24(28-12-10-19-4-8-22(35)9-5-19)23-25(31-26)34(18-29-23)13-11-20-2-6-21(27)7-3-20/h2-9,18,35H,10-17H2,1H3,(H,28,30,31). The van der Waals surface area contributed by atoms with Gasteiger partial charge in [-0.15, -0.1) is 0 Å². The highest BCUT2D eigenvalue weighted by Gasteiger charge is 2.20. The number of aromatic hydroxyl groups is 1. The number of fused-ring (bicyclic) bond motifs is 1. The van der Waals surface area contributed by atoms with E-state index in [2.05, 4.69) is 27.1 Å². The van der Waals surface area contributed by atoms with Crippen LogP contribution in [-0.2, 0) is 19.4 Å². The first-order valence-corrected chi connectivity index (χ1v) is 12.0. The van der Waals surface area contributed by atoms with Gasteiger partial charge >= 0.3 is 0 Å². The van der Waals surface area contributed by atoms with E-state index >= 15 is 0 Å². The van der Waals surface area contributed by atoms with Gasteiger partial charge in [0.25, 0.3) is 0 Å². The number of aryl methyl sites for hydroxylation is 2. The van der Waals surface area contributed by atoms with Gasteiger partial charge in [-0.05, 0) is 55.3 Å². The fourth-order valence-corrected chi connectivity index (χ4v) is 4.26. The highest BCUT2D eigenvalue weighted by Crippen LogP contribution is 2.24. The summed E-state index contributed by atoms with van der Waals surface area (Å²) in [5.41, 5.74) is 3.73. The van der Waals surface area contributed by atoms with Gasteiger partial charge < -0.3 is 24.8 Å². The van der Waals surface area contributed by atoms with Crippen LogP contribution in [0.25, 0.3) is 11.2 Å². The average Bonchev–Trinajstić information content (AvgIpc) is 3.28. The molecule has 0 aliphatic carbocycles. The number of aromatic nitrogens is 4. The van der Waals surface area contributed by atoms with Crippen molar-refractivity contribution in [1.82, 2.24) is 24.4 Å². The minimum Gasteiger partial charge on any atom is -0.508 e. The number of likely N-dealkylation sites (N-methyl/N-ethyl adjacent to an activating group) is 1. The number of rotatable bonds is 8. The summed E-state index contributed by atoms with van der Waals surface area (Å²) in [5.74, 6) is 1.47. The van der Waals surface area contributed by atoms with Crippen LogP contribution in [-0.4, -0.2) is 69.3 Å². The van der Waals surface area contributed by atoms with Gasteiger partial charge in [-0.25, -0.2) is 9.37 Å². The average molecular weight is 476 g/mol. The van der Waals surface area contributed by atoms with Gasteiger partial charge in [0.1, 0.15) is 11.6 Å². The molecule has 8 nitrogen and oxygen atoms in total. The highest BCUT2D eigenvalue weighted by atomic mass is 19.1. The quantitative estimate of drug-likeness (QED) is 0.405. The lowest BCUT2D eigenvalue weighted by Gasteiger charge is -2.32. The van der Waals surface area contributed by atoms with E-state index in [0.717, 1.165) is 67.1 Å². The molecular weight excluding hydrogens is 445 g/mol. The summed E-state index contributed by atoms with van der Waals surface area (Å²) >= 11 is 0. The summed E-state index contributed by atoms with van der Waals surface area (Å²) in [7, 11) is 2.13. The molecule has 0 atom stereocenters. The molecular formula is C26H30FN7O. The zero-order valence-corrected chi connectivity index (χ0v) is 19.9. The van der Waals surface area contributed by atoms with Gasteiger partial charge in [0, 0.05) is 39.3 Å². The van der Waals surface area contributed by atoms with E-state index in [0.29, 0.717) is 19.0 Å². The Morgan fingerprint density at radius 2 is 1.60 bits per heavy atom. The van der Waals surface area contributed by atoms with Gasteiger partial charge in [0.05, 0.1) is 6.33 Å². The predicted molar refractivity (Wildman–Crippen MR) is 135 cm³/mol. The molecule has 0 radical (unpaired) electrons. The molecule has 2 aromatic carbocycles. The molecule has 0 saturated carbocycles. The van der Waals surface area contributed by atoms with Crippen LogP contribution in [0.3, 0.4) is 0 Å². The Bertz CT molecular complexity index is 1270. The summed E-state index contributed by atoms with van der Waals surface area (Å²) in [4.78, 5) is 18.9. The minimum atomic E-state index is -0.227. The molecule has 0 amide bonds. The molecule has 0 unspecified atom stereocenters. The van der Waals surface area contributed by atoms with E-state index in [-0.39, 0.29) is 11.6 Å². The summed E-state index contributed by atoms with van der Waals surface area (Å²) < 4.78 is 15.3. The predicted octanol–water partition coefficient (Wildman–Crippen LogP) is 3.32. The van der Waals surface area contributed by atoms with E-state index in [1.165, 1.54) is 12.1 Å². The Kier molecular flexibility index (Phi) is 6.76. The number of piperazine rings is 1. The van der Waals surface area contributed by atoms with Crippen molar-refractivity contribution in [3.8, 4) is 5.75 Å². The van der Waals surface area contributed by atoms with Gasteiger partial charge in [-0.1, -0.05) is 24.3 Å². The van der Waals surface area contributed by atoms with Gasteiger partial charge in [0.2, 0.25) is 5.95 Å². The molecule has 3 heterocycles. The molecule has 0 bridgehead atoms. The van der Waals surface area contributed by atoms with Crippen LogP contribution in [0.1, 0.15) is 11.1 Å². The van der Waals surface area contributed by atoms with E-state index < -0.39 is 0 Å². The second-order valence-electron chi connectivity index (χ2n) is 8.99. The Hall–Kier alpha value is -3.72. The SMILES string of the molecule is CN1CCN(c2nc(NCCc3ccc(O)cc3)c3ncn(CCc4ccc(F)cc4)c3n2)CC1. The lowest BCUT2D eigenvalue weighted by molar-refractivity contribution is 0.311. The summed E-state index contributed by atoms with van der Waals surface area (Å²) in [6.07, 6.45) is 3.35. The Balaban J connectivity index is 1.38. The van der Waals surface area contributed by atoms with Crippen LogP contribution < -0.4 is 10.2 Å². The molecule has 1 fully saturated rings. The lowest BCUT2D eigenvalue weighted by atomic mass is 10.1. The Morgan fingerprint density at radius 3 is 2.34 bits per heavy atom. The maximum Gasteiger partial charge on any atom is 0.229 e. The van der Waals surface area contributed by atoms with Crippen LogP contribution in [0.15, 0.2) is 54.9 Å². The fourth-order valence-electron chi connectivity index (χ4n) is 4.26. The summed E-state index contributed by atoms with van der Waals surface area (Å²) in [6.45, 7) is 5.05. The topological polar surface area (TPSA) is 82.3 Å². The number of hydrogen-bond donors (Lipinski definition) is 2. The van der Waals surface area contributed by atoms with Crippen molar-refractivity contribution in [1.29, 1.82) is 0 Å². The van der Waals surface area contributed by atoms with Crippen molar-refractivity contribution in [3.05, 3.63) is 71.8 Å². The largest absolute Gasteiger partial charge is 0.508 e. The first-order chi connectivity index (χ1) is 17.0. The maximum atomic E-state index is 13.3. The molecule has 1 aliphatic heterocycles. The molecule has 0 spiro atoms. The number of hydrogen-bond acceptors (Lipinski definition) is 7. The molecule has 9 heteroatoms. The molecule has 2 aromatic heterocycles. The maximum absolute atomic E-state index is 13.3. The minimum absolute atomic E-state index is 0.227. The van der Waals surface area contributed by atoms with E-state index in [4.69, 9.17) is 9.97 Å². The smallest absolute Gasteiger partial charge is 0.229 e. The highest BCUT2D eigenvalue weighted by molar-refractivity contribution is 5.84. The molecule has 5 rings (SSSR count). The van der Waals surface area contributed by atoms with Crippen LogP contribution >= 0.6 is 0 Å². The first-order valence-electron chi connectivity index (χ1n) is 12.0. The van der Waals surface area contributed by atoms with Crippen molar-refractivity contribution in [2.75, 3.05) is 50.0 Å². The Morgan fingerprint density at radius 1 is 0.914 bits per heavy atom. The third-order valence-corrected chi connectivity index (χ3v) is 6.44. The molecule has 1 aliphatic rings. The van der Waals surface area contributed by atoms with Gasteiger partial charge in [0.15, 0.2) is 17.0 Å². The van der Waals surface area contributed by atoms with Crippen LogP contribution in [0, 0.1) is 5.82 Å². The van der Waals surface area contributed by atoms with Crippen LogP contribution in [0.5, 0.6) is 5.75 Å². The summed E-state index contributed by atoms with van der Waals surface area (Å²) in [6, 6.07) is 13.9. The van der Waals surface area contributed by atoms with Crippen molar-refractivity contribution in [2.24, 2.45) is 0 Å². The number of anilines is 2. The van der Waals surface area contributed by atoms with Crippen molar-refractivity contribution in [3.63, 3.8) is 0 Å². The number of imidazole rings is 1. The fraction of sp³-hybridized carbons (Fsp3) is 0.346. The van der Waals surface area contributed by atoms with E-state index in [1.807, 2.05) is 35.2 Å². The molecule has 1 saturated heterocycles. The van der Waals surface area contributed by atoms with E-state index in [9.17, 15) is 9.50 Å². The molecule has 35 heavy (non-hydrogen) atoms. The number of halogens is 1. The molecule has 4 aromatic rings. The zero-order chi connectivity index (χ0) is 24.2. The van der Waals surface area contributed by atoms with Gasteiger partial charge in [-0.3, -0.25) is 0 Å². The zero-order valence-electron chi connectivity index (χ0n) is 19.9. The van der Waals surface area contributed by atoms with E-state index in [1.54, 1.807) is 12.1 Å². The second-order valence-corrected chi connectivity index (χ2v) is 8.99. The number of phenolic OH excluding ortho intramolecular Hbond substituents is 1. The number of nitrogens with one attached hydrogen (secondary N) is 1. The molecule has 2 N–H and O–H groups in total. The first kappa shape index (κ1) is 23.0. The summed E-state index contributed by atoms with van der Waals surface area (Å²) in [5, 5.41) is 13.0. The van der Waals surface area contributed by atoms with Crippen LogP contribution in [0.2, 0.25) is 0 Å². The van der Waals surface area contributed by atoms with Gasteiger partial charge in [-0.2, -0.15) is 9.97 Å². The third-order valence-electron chi connectivity index (χ3n) is 6.44. The number of benzene rings is 2. The Labute approximate surface area is 204 Å². The molecule has 182 valence electrons. The van der Waals surface area contributed by atoms with Crippen molar-refractivity contribution >= 4 is 22.9 Å². The lowest BCUT2D eigenvalue weighted by Crippen LogP contribution is -2.45. The monoisotopic (exact) mass is 475 g/mol.